The van der Waals surface area contributed by atoms with Gasteiger partial charge in [-0.25, -0.2) is 0 Å². The van der Waals surface area contributed by atoms with Gasteiger partial charge in [-0.05, 0) is 38.2 Å². The molecule has 0 N–H and O–H groups in total. The molecule has 1 fully saturated rings. The van der Waals surface area contributed by atoms with Gasteiger partial charge in [0.05, 0.1) is 0 Å². The van der Waals surface area contributed by atoms with E-state index in [0.29, 0.717) is 25.4 Å². The third-order valence-electron chi connectivity index (χ3n) is 2.95. The molecule has 1 atom stereocenters. The molecule has 3 nitrogen and oxygen atoms in total. The number of carbonyl (C=O) groups excluding carboxylic acids is 1. The molecule has 0 aromatic carbocycles. The Balaban J connectivity index is 2.54. The highest BCUT2D eigenvalue weighted by molar-refractivity contribution is 5.79. The normalized spacial score (nSPS) is 21.4. The van der Waals surface area contributed by atoms with Crippen molar-refractivity contribution in [3.05, 3.63) is 12.2 Å². The summed E-state index contributed by atoms with van der Waals surface area (Å²) < 4.78 is 11.0. The molecule has 1 aliphatic carbocycles. The Hall–Kier alpha value is -0.670. The van der Waals surface area contributed by atoms with Crippen LogP contribution in [0.3, 0.4) is 0 Å². The zero-order valence-corrected chi connectivity index (χ0v) is 10.3. The highest BCUT2D eigenvalue weighted by Crippen LogP contribution is 2.30. The van der Waals surface area contributed by atoms with E-state index in [1.54, 1.807) is 0 Å². The van der Waals surface area contributed by atoms with Crippen LogP contribution < -0.4 is 0 Å². The van der Waals surface area contributed by atoms with Gasteiger partial charge in [0.2, 0.25) is 0 Å². The molecule has 0 amide bonds. The van der Waals surface area contributed by atoms with E-state index in [0.717, 1.165) is 24.8 Å². The Labute approximate surface area is 97.8 Å². The zero-order chi connectivity index (χ0) is 12.0. The third kappa shape index (κ3) is 3.72. The van der Waals surface area contributed by atoms with Gasteiger partial charge in [0.15, 0.2) is 6.29 Å². The van der Waals surface area contributed by atoms with Crippen molar-refractivity contribution < 1.29 is 14.3 Å². The molecule has 92 valence electrons. The average molecular weight is 226 g/mol. The minimum atomic E-state index is -0.342. The van der Waals surface area contributed by atoms with Crippen LogP contribution in [-0.4, -0.2) is 25.3 Å². The fourth-order valence-electron chi connectivity index (χ4n) is 2.10. The molecule has 1 rings (SSSR count). The Kier molecular flexibility index (Phi) is 5.71. The Morgan fingerprint density at radius 3 is 2.56 bits per heavy atom. The number of hydrogen-bond acceptors (Lipinski definition) is 3. The van der Waals surface area contributed by atoms with E-state index >= 15 is 0 Å². The second-order valence-electron chi connectivity index (χ2n) is 4.15. The lowest BCUT2D eigenvalue weighted by atomic mass is 9.83. The molecule has 1 aliphatic rings. The van der Waals surface area contributed by atoms with Crippen molar-refractivity contribution in [3.63, 3.8) is 0 Å². The van der Waals surface area contributed by atoms with Crippen LogP contribution in [-0.2, 0) is 14.3 Å². The lowest BCUT2D eigenvalue weighted by Gasteiger charge is -2.28. The molecule has 0 aromatic heterocycles. The van der Waals surface area contributed by atoms with Gasteiger partial charge in [-0.1, -0.05) is 6.58 Å². The quantitative estimate of drug-likeness (QED) is 0.516. The second kappa shape index (κ2) is 6.81. The zero-order valence-electron chi connectivity index (χ0n) is 10.3. The van der Waals surface area contributed by atoms with Gasteiger partial charge in [0.1, 0.15) is 5.78 Å². The Bertz CT molecular complexity index is 242. The maximum absolute atomic E-state index is 11.4. The van der Waals surface area contributed by atoms with E-state index < -0.39 is 0 Å². The standard InChI is InChI=1S/C13H22O3/c1-4-15-13(16-5-2)10(3)11-7-6-8-12(14)9-11/h11,13H,3-9H2,1-2H3. The van der Waals surface area contributed by atoms with Crippen molar-refractivity contribution in [1.82, 2.24) is 0 Å². The fourth-order valence-corrected chi connectivity index (χ4v) is 2.10. The number of ether oxygens (including phenoxy) is 2. The fraction of sp³-hybridized carbons (Fsp3) is 0.769. The predicted octanol–water partition coefficient (Wildman–Crippen LogP) is 2.70. The van der Waals surface area contributed by atoms with Crippen LogP contribution in [0.25, 0.3) is 0 Å². The predicted molar refractivity (Wildman–Crippen MR) is 63.1 cm³/mol. The van der Waals surface area contributed by atoms with Gasteiger partial charge < -0.3 is 9.47 Å². The van der Waals surface area contributed by atoms with Gasteiger partial charge in [-0.15, -0.1) is 0 Å². The minimum Gasteiger partial charge on any atom is -0.349 e. The van der Waals surface area contributed by atoms with Crippen LogP contribution in [0, 0.1) is 5.92 Å². The van der Waals surface area contributed by atoms with Crippen molar-refractivity contribution in [3.8, 4) is 0 Å². The summed E-state index contributed by atoms with van der Waals surface area (Å²) in [5.41, 5.74) is 0.928. The lowest BCUT2D eigenvalue weighted by molar-refractivity contribution is -0.125. The molecule has 3 heteroatoms. The number of ketones is 1. The summed E-state index contributed by atoms with van der Waals surface area (Å²) in [5, 5.41) is 0. The van der Waals surface area contributed by atoms with E-state index in [4.69, 9.17) is 9.47 Å². The van der Waals surface area contributed by atoms with Crippen LogP contribution >= 0.6 is 0 Å². The molecule has 1 unspecified atom stereocenters. The smallest absolute Gasteiger partial charge is 0.179 e. The van der Waals surface area contributed by atoms with E-state index in [1.807, 2.05) is 13.8 Å². The van der Waals surface area contributed by atoms with Gasteiger partial charge in [0.25, 0.3) is 0 Å². The molecule has 0 aliphatic heterocycles. The van der Waals surface area contributed by atoms with Gasteiger partial charge in [-0.3, -0.25) is 4.79 Å². The highest BCUT2D eigenvalue weighted by Gasteiger charge is 2.26. The molecule has 0 bridgehead atoms. The number of hydrogen-bond donors (Lipinski definition) is 0. The highest BCUT2D eigenvalue weighted by atomic mass is 16.7. The monoisotopic (exact) mass is 226 g/mol. The van der Waals surface area contributed by atoms with Gasteiger partial charge in [-0.2, -0.15) is 0 Å². The summed E-state index contributed by atoms with van der Waals surface area (Å²) in [7, 11) is 0. The van der Waals surface area contributed by atoms with Crippen molar-refractivity contribution in [2.75, 3.05) is 13.2 Å². The average Bonchev–Trinajstić information content (AvgIpc) is 2.28. The molecule has 0 heterocycles. The van der Waals surface area contributed by atoms with Crippen molar-refractivity contribution in [2.45, 2.75) is 45.8 Å². The molecule has 16 heavy (non-hydrogen) atoms. The van der Waals surface area contributed by atoms with Crippen LogP contribution in [0.15, 0.2) is 12.2 Å². The summed E-state index contributed by atoms with van der Waals surface area (Å²) in [5.74, 6) is 0.577. The first kappa shape index (κ1) is 13.4. The van der Waals surface area contributed by atoms with E-state index in [9.17, 15) is 4.79 Å². The molecular formula is C13H22O3. The summed E-state index contributed by atoms with van der Waals surface area (Å²) in [4.78, 5) is 11.4. The molecular weight excluding hydrogens is 204 g/mol. The SMILES string of the molecule is C=C(C1CCCC(=O)C1)C(OCC)OCC. The second-order valence-corrected chi connectivity index (χ2v) is 4.15. The van der Waals surface area contributed by atoms with Crippen LogP contribution in [0.5, 0.6) is 0 Å². The lowest BCUT2D eigenvalue weighted by Crippen LogP contribution is -2.27. The summed E-state index contributed by atoms with van der Waals surface area (Å²) in [6.45, 7) is 9.12. The molecule has 0 aromatic rings. The maximum Gasteiger partial charge on any atom is 0.179 e. The Morgan fingerprint density at radius 2 is 2.06 bits per heavy atom. The summed E-state index contributed by atoms with van der Waals surface area (Å²) in [6, 6.07) is 0. The largest absolute Gasteiger partial charge is 0.349 e. The molecule has 1 saturated carbocycles. The number of rotatable bonds is 6. The van der Waals surface area contributed by atoms with E-state index in [-0.39, 0.29) is 12.2 Å². The van der Waals surface area contributed by atoms with E-state index in [1.165, 1.54) is 0 Å². The minimum absolute atomic E-state index is 0.240. The van der Waals surface area contributed by atoms with Crippen LogP contribution in [0.1, 0.15) is 39.5 Å². The maximum atomic E-state index is 11.4. The third-order valence-corrected chi connectivity index (χ3v) is 2.95. The molecule has 0 saturated heterocycles. The van der Waals surface area contributed by atoms with Crippen molar-refractivity contribution >= 4 is 5.78 Å². The summed E-state index contributed by atoms with van der Waals surface area (Å²) in [6.07, 6.45) is 2.98. The van der Waals surface area contributed by atoms with Crippen LogP contribution in [0.2, 0.25) is 0 Å². The molecule has 0 radical (unpaired) electrons. The first-order valence-electron chi connectivity index (χ1n) is 6.12. The summed E-state index contributed by atoms with van der Waals surface area (Å²) >= 11 is 0. The van der Waals surface area contributed by atoms with Crippen molar-refractivity contribution in [2.24, 2.45) is 5.92 Å². The van der Waals surface area contributed by atoms with E-state index in [2.05, 4.69) is 6.58 Å². The Morgan fingerprint density at radius 1 is 1.44 bits per heavy atom. The van der Waals surface area contributed by atoms with Crippen molar-refractivity contribution in [1.29, 1.82) is 0 Å². The van der Waals surface area contributed by atoms with Gasteiger partial charge in [0, 0.05) is 26.1 Å². The first-order chi connectivity index (χ1) is 7.69. The van der Waals surface area contributed by atoms with Gasteiger partial charge >= 0.3 is 0 Å². The molecule has 0 spiro atoms. The number of carbonyl (C=O) groups is 1. The number of Topliss-reactive ketones (excluding diaryl/α,β-unsaturated/α-hetero) is 1. The van der Waals surface area contributed by atoms with Crippen LogP contribution in [0.4, 0.5) is 0 Å². The first-order valence-corrected chi connectivity index (χ1v) is 6.12. The topological polar surface area (TPSA) is 35.5 Å².